The minimum Gasteiger partial charge on any atom is -0.353 e. The highest BCUT2D eigenvalue weighted by atomic mass is 19.3. The van der Waals surface area contributed by atoms with Gasteiger partial charge < -0.3 is 9.80 Å². The van der Waals surface area contributed by atoms with Crippen LogP contribution in [0.1, 0.15) is 24.2 Å². The summed E-state index contributed by atoms with van der Waals surface area (Å²) in [6.07, 6.45) is 1.27. The lowest BCUT2D eigenvalue weighted by Gasteiger charge is -2.43. The van der Waals surface area contributed by atoms with Gasteiger partial charge in [0.2, 0.25) is 5.91 Å². The van der Waals surface area contributed by atoms with Gasteiger partial charge in [-0.1, -0.05) is 0 Å². The monoisotopic (exact) mass is 310 g/mol. The molecule has 0 unspecified atom stereocenters. The molecule has 22 heavy (non-hydrogen) atoms. The van der Waals surface area contributed by atoms with Crippen molar-refractivity contribution in [3.8, 4) is 0 Å². The smallest absolute Gasteiger partial charge is 0.251 e. The van der Waals surface area contributed by atoms with E-state index in [1.165, 1.54) is 0 Å². The number of rotatable bonds is 2. The number of anilines is 1. The highest BCUT2D eigenvalue weighted by Gasteiger charge is 2.41. The van der Waals surface area contributed by atoms with Gasteiger partial charge in [0, 0.05) is 45.2 Å². The molecule has 1 amide bonds. The average molecular weight is 310 g/mol. The van der Waals surface area contributed by atoms with E-state index >= 15 is 0 Å². The summed E-state index contributed by atoms with van der Waals surface area (Å²) >= 11 is 0. The third kappa shape index (κ3) is 2.89. The van der Waals surface area contributed by atoms with Crippen molar-refractivity contribution in [2.24, 2.45) is 5.92 Å². The van der Waals surface area contributed by atoms with Crippen molar-refractivity contribution >= 4 is 11.7 Å². The molecule has 0 saturated carbocycles. The van der Waals surface area contributed by atoms with Crippen LogP contribution in [0.25, 0.3) is 0 Å². The highest BCUT2D eigenvalue weighted by molar-refractivity contribution is 5.82. The van der Waals surface area contributed by atoms with Crippen LogP contribution in [-0.2, 0) is 4.79 Å². The Labute approximate surface area is 128 Å². The maximum absolute atomic E-state index is 13.1. The SMILES string of the molecule is Cc1cnc(C)c(N2CC(C(=O)N3CCC(F)(F)CC3)C2)n1. The molecule has 0 spiro atoms. The minimum atomic E-state index is -2.61. The summed E-state index contributed by atoms with van der Waals surface area (Å²) in [6, 6.07) is 0. The van der Waals surface area contributed by atoms with Gasteiger partial charge in [0.05, 0.1) is 17.3 Å². The van der Waals surface area contributed by atoms with Crippen LogP contribution in [0.5, 0.6) is 0 Å². The normalized spacial score (nSPS) is 21.6. The standard InChI is InChI=1S/C15H20F2N4O/c1-10-7-18-11(2)13(19-10)21-8-12(9-21)14(22)20-5-3-15(16,17)4-6-20/h7,12H,3-6,8-9H2,1-2H3. The molecule has 120 valence electrons. The second kappa shape index (κ2) is 5.44. The molecule has 3 heterocycles. The van der Waals surface area contributed by atoms with Crippen LogP contribution in [0.3, 0.4) is 0 Å². The van der Waals surface area contributed by atoms with Crippen LogP contribution in [0.4, 0.5) is 14.6 Å². The number of hydrogen-bond donors (Lipinski definition) is 0. The number of piperidine rings is 1. The number of aryl methyl sites for hydroxylation is 2. The summed E-state index contributed by atoms with van der Waals surface area (Å²) < 4.78 is 26.3. The number of halogens is 2. The fourth-order valence-electron chi connectivity index (χ4n) is 2.94. The molecule has 0 radical (unpaired) electrons. The van der Waals surface area contributed by atoms with Crippen LogP contribution in [0.15, 0.2) is 6.20 Å². The maximum atomic E-state index is 13.1. The first-order valence-electron chi connectivity index (χ1n) is 7.57. The summed E-state index contributed by atoms with van der Waals surface area (Å²) in [6.45, 7) is 5.27. The molecule has 0 aliphatic carbocycles. The van der Waals surface area contributed by atoms with Crippen LogP contribution >= 0.6 is 0 Å². The molecule has 1 aromatic rings. The molecule has 3 rings (SSSR count). The Balaban J connectivity index is 1.57. The molecule has 7 heteroatoms. The van der Waals surface area contributed by atoms with E-state index in [2.05, 4.69) is 9.97 Å². The second-order valence-corrected chi connectivity index (χ2v) is 6.20. The van der Waals surface area contributed by atoms with Gasteiger partial charge in [-0.25, -0.2) is 13.8 Å². The van der Waals surface area contributed by atoms with E-state index in [9.17, 15) is 13.6 Å². The number of hydrogen-bond acceptors (Lipinski definition) is 4. The van der Waals surface area contributed by atoms with E-state index in [0.29, 0.717) is 13.1 Å². The van der Waals surface area contributed by atoms with E-state index in [-0.39, 0.29) is 37.8 Å². The van der Waals surface area contributed by atoms with Crippen molar-refractivity contribution in [3.05, 3.63) is 17.6 Å². The summed E-state index contributed by atoms with van der Waals surface area (Å²) in [7, 11) is 0. The third-order valence-corrected chi connectivity index (χ3v) is 4.39. The molecule has 2 saturated heterocycles. The van der Waals surface area contributed by atoms with Gasteiger partial charge in [0.25, 0.3) is 5.92 Å². The van der Waals surface area contributed by atoms with Crippen molar-refractivity contribution < 1.29 is 13.6 Å². The van der Waals surface area contributed by atoms with E-state index in [1.807, 2.05) is 18.7 Å². The molecule has 2 fully saturated rings. The quantitative estimate of drug-likeness (QED) is 0.835. The molecule has 2 aliphatic heterocycles. The van der Waals surface area contributed by atoms with E-state index in [1.54, 1.807) is 11.1 Å². The van der Waals surface area contributed by atoms with E-state index in [0.717, 1.165) is 17.2 Å². The van der Waals surface area contributed by atoms with Gasteiger partial charge in [-0.05, 0) is 13.8 Å². The maximum Gasteiger partial charge on any atom is 0.251 e. The van der Waals surface area contributed by atoms with Crippen molar-refractivity contribution in [3.63, 3.8) is 0 Å². The number of aromatic nitrogens is 2. The molecule has 0 aromatic carbocycles. The number of nitrogens with zero attached hydrogens (tertiary/aromatic N) is 4. The summed E-state index contributed by atoms with van der Waals surface area (Å²) in [5.41, 5.74) is 1.68. The summed E-state index contributed by atoms with van der Waals surface area (Å²) in [4.78, 5) is 24.7. The van der Waals surface area contributed by atoms with Gasteiger partial charge in [-0.2, -0.15) is 0 Å². The van der Waals surface area contributed by atoms with Crippen molar-refractivity contribution in [1.82, 2.24) is 14.9 Å². The number of carbonyl (C=O) groups excluding carboxylic acids is 1. The lowest BCUT2D eigenvalue weighted by Crippen LogP contribution is -2.56. The highest BCUT2D eigenvalue weighted by Crippen LogP contribution is 2.31. The lowest BCUT2D eigenvalue weighted by molar-refractivity contribution is -0.142. The Hall–Kier alpha value is -1.79. The van der Waals surface area contributed by atoms with Crippen LogP contribution in [-0.4, -0.2) is 52.9 Å². The summed E-state index contributed by atoms with van der Waals surface area (Å²) in [5.74, 6) is -1.93. The average Bonchev–Trinajstić information content (AvgIpc) is 2.41. The second-order valence-electron chi connectivity index (χ2n) is 6.20. The Kier molecular flexibility index (Phi) is 3.74. The first kappa shape index (κ1) is 15.1. The Morgan fingerprint density at radius 3 is 2.55 bits per heavy atom. The lowest BCUT2D eigenvalue weighted by atomic mass is 9.96. The number of likely N-dealkylation sites (tertiary alicyclic amines) is 1. The minimum absolute atomic E-state index is 0.00925. The predicted molar refractivity (Wildman–Crippen MR) is 78.0 cm³/mol. The molecular weight excluding hydrogens is 290 g/mol. The molecule has 1 aromatic heterocycles. The van der Waals surface area contributed by atoms with Crippen LogP contribution in [0.2, 0.25) is 0 Å². The van der Waals surface area contributed by atoms with Gasteiger partial charge in [0.1, 0.15) is 5.82 Å². The Bertz CT molecular complexity index is 577. The molecule has 0 N–H and O–H groups in total. The zero-order valence-corrected chi connectivity index (χ0v) is 12.9. The molecular formula is C15H20F2N4O. The molecule has 0 atom stereocenters. The summed E-state index contributed by atoms with van der Waals surface area (Å²) in [5, 5.41) is 0. The van der Waals surface area contributed by atoms with Gasteiger partial charge >= 0.3 is 0 Å². The van der Waals surface area contributed by atoms with Crippen molar-refractivity contribution in [1.29, 1.82) is 0 Å². The van der Waals surface area contributed by atoms with Crippen LogP contribution in [0, 0.1) is 19.8 Å². The fourth-order valence-corrected chi connectivity index (χ4v) is 2.94. The van der Waals surface area contributed by atoms with E-state index in [4.69, 9.17) is 0 Å². The molecule has 0 bridgehead atoms. The first-order valence-corrected chi connectivity index (χ1v) is 7.57. The van der Waals surface area contributed by atoms with Gasteiger partial charge in [-0.15, -0.1) is 0 Å². The van der Waals surface area contributed by atoms with Gasteiger partial charge in [0.15, 0.2) is 0 Å². The van der Waals surface area contributed by atoms with E-state index < -0.39 is 5.92 Å². The Morgan fingerprint density at radius 2 is 1.91 bits per heavy atom. The zero-order chi connectivity index (χ0) is 15.9. The number of amides is 1. The van der Waals surface area contributed by atoms with Crippen LogP contribution < -0.4 is 4.90 Å². The molecule has 5 nitrogen and oxygen atoms in total. The van der Waals surface area contributed by atoms with Crippen molar-refractivity contribution in [2.75, 3.05) is 31.1 Å². The molecule has 2 aliphatic rings. The predicted octanol–water partition coefficient (Wildman–Crippen LogP) is 1.79. The number of alkyl halides is 2. The topological polar surface area (TPSA) is 49.3 Å². The first-order chi connectivity index (χ1) is 10.4. The Morgan fingerprint density at radius 1 is 1.27 bits per heavy atom. The third-order valence-electron chi connectivity index (χ3n) is 4.39. The fraction of sp³-hybridized carbons (Fsp3) is 0.667. The van der Waals surface area contributed by atoms with Gasteiger partial charge in [-0.3, -0.25) is 9.78 Å². The van der Waals surface area contributed by atoms with Crippen molar-refractivity contribution in [2.45, 2.75) is 32.6 Å². The largest absolute Gasteiger partial charge is 0.353 e. The zero-order valence-electron chi connectivity index (χ0n) is 12.9. The number of carbonyl (C=O) groups is 1.